The van der Waals surface area contributed by atoms with E-state index in [1.165, 1.54) is 44.9 Å². The van der Waals surface area contributed by atoms with Gasteiger partial charge in [-0.15, -0.1) is 0 Å². The van der Waals surface area contributed by atoms with E-state index in [2.05, 4.69) is 34.6 Å². The Morgan fingerprint density at radius 2 is 1.18 bits per heavy atom. The minimum atomic E-state index is 0.898. The summed E-state index contributed by atoms with van der Waals surface area (Å²) in [5.41, 5.74) is 0. The molecule has 0 spiro atoms. The highest BCUT2D eigenvalue weighted by Gasteiger charge is 2.26. The molecule has 2 rings (SSSR count). The van der Waals surface area contributed by atoms with Crippen LogP contribution < -0.4 is 0 Å². The van der Waals surface area contributed by atoms with E-state index in [-0.39, 0.29) is 0 Å². The summed E-state index contributed by atoms with van der Waals surface area (Å²) in [6, 6.07) is 0. The standard InChI is InChI=1S/C6H14.C5H10.C4H8.C2H6/c1-4-5-6(2)3;1-4-3-5(4)2;1-2-4-3-1;1-2/h6H,4-5H2,1-3H3;4-5H,3H2,1-2H3;1-4H2;1-2H3. The molecule has 0 bridgehead atoms. The van der Waals surface area contributed by atoms with Crippen LogP contribution in [-0.2, 0) is 0 Å². The van der Waals surface area contributed by atoms with E-state index in [0.717, 1.165) is 17.8 Å². The van der Waals surface area contributed by atoms with Crippen molar-refractivity contribution in [3.63, 3.8) is 0 Å². The lowest BCUT2D eigenvalue weighted by Gasteiger charge is -2.05. The fraction of sp³-hybridized carbons (Fsp3) is 1.00. The third-order valence-electron chi connectivity index (χ3n) is 3.38. The highest BCUT2D eigenvalue weighted by molar-refractivity contribution is 4.76. The fourth-order valence-electron chi connectivity index (χ4n) is 1.34. The first kappa shape index (κ1) is 19.3. The van der Waals surface area contributed by atoms with Gasteiger partial charge in [0.1, 0.15) is 0 Å². The molecule has 0 aromatic carbocycles. The van der Waals surface area contributed by atoms with Crippen LogP contribution in [0.2, 0.25) is 0 Å². The van der Waals surface area contributed by atoms with Crippen molar-refractivity contribution in [2.75, 3.05) is 0 Å². The Labute approximate surface area is 112 Å². The second-order valence-corrected chi connectivity index (χ2v) is 5.79. The Morgan fingerprint density at radius 1 is 0.882 bits per heavy atom. The van der Waals surface area contributed by atoms with Gasteiger partial charge in [0.2, 0.25) is 0 Å². The topological polar surface area (TPSA) is 0 Å². The van der Waals surface area contributed by atoms with Gasteiger partial charge < -0.3 is 0 Å². The Balaban J connectivity index is 0. The first-order valence-electron chi connectivity index (χ1n) is 8.07. The average molecular weight is 242 g/mol. The molecule has 2 fully saturated rings. The lowest BCUT2D eigenvalue weighted by atomic mass is 10.0. The zero-order valence-electron chi connectivity index (χ0n) is 13.7. The highest BCUT2D eigenvalue weighted by Crippen LogP contribution is 2.36. The molecule has 106 valence electrons. The summed E-state index contributed by atoms with van der Waals surface area (Å²) < 4.78 is 0. The molecular formula is C17H38. The fourth-order valence-corrected chi connectivity index (χ4v) is 1.34. The molecule has 0 radical (unpaired) electrons. The van der Waals surface area contributed by atoms with E-state index >= 15 is 0 Å². The molecule has 0 aromatic rings. The molecule has 17 heavy (non-hydrogen) atoms. The van der Waals surface area contributed by atoms with Gasteiger partial charge in [0.25, 0.3) is 0 Å². The van der Waals surface area contributed by atoms with Crippen LogP contribution in [0.4, 0.5) is 0 Å². The first-order chi connectivity index (χ1) is 8.07. The summed E-state index contributed by atoms with van der Waals surface area (Å²) >= 11 is 0. The maximum absolute atomic E-state index is 2.30. The molecule has 2 unspecified atom stereocenters. The third kappa shape index (κ3) is 18.6. The van der Waals surface area contributed by atoms with Crippen LogP contribution in [0.15, 0.2) is 0 Å². The van der Waals surface area contributed by atoms with Gasteiger partial charge >= 0.3 is 0 Å². The SMILES string of the molecule is C1CCC1.CC.CC1CC1C.CCCC(C)C. The molecule has 0 heteroatoms. The molecule has 0 amide bonds. The first-order valence-corrected chi connectivity index (χ1v) is 8.07. The molecule has 2 atom stereocenters. The Hall–Kier alpha value is 0. The van der Waals surface area contributed by atoms with Crippen molar-refractivity contribution in [1.82, 2.24) is 0 Å². The van der Waals surface area contributed by atoms with E-state index in [4.69, 9.17) is 0 Å². The van der Waals surface area contributed by atoms with Crippen molar-refractivity contribution in [2.24, 2.45) is 17.8 Å². The van der Waals surface area contributed by atoms with Crippen LogP contribution in [0, 0.1) is 17.8 Å². The zero-order valence-corrected chi connectivity index (χ0v) is 13.7. The summed E-state index contributed by atoms with van der Waals surface area (Å²) in [5, 5.41) is 0. The monoisotopic (exact) mass is 242 g/mol. The maximum Gasteiger partial charge on any atom is -0.0414 e. The van der Waals surface area contributed by atoms with Gasteiger partial charge in [0.15, 0.2) is 0 Å². The Kier molecular flexibility index (Phi) is 16.0. The van der Waals surface area contributed by atoms with Gasteiger partial charge in [0.05, 0.1) is 0 Å². The lowest BCUT2D eigenvalue weighted by Crippen LogP contribution is -1.85. The second-order valence-electron chi connectivity index (χ2n) is 5.79. The predicted octanol–water partition coefficient (Wildman–Crippen LogP) is 6.69. The van der Waals surface area contributed by atoms with Crippen LogP contribution in [0.5, 0.6) is 0 Å². The van der Waals surface area contributed by atoms with Crippen molar-refractivity contribution >= 4 is 0 Å². The number of hydrogen-bond acceptors (Lipinski definition) is 0. The van der Waals surface area contributed by atoms with Gasteiger partial charge in [-0.1, -0.05) is 87.0 Å². The number of rotatable bonds is 2. The van der Waals surface area contributed by atoms with Crippen LogP contribution in [0.3, 0.4) is 0 Å². The van der Waals surface area contributed by atoms with Crippen molar-refractivity contribution in [1.29, 1.82) is 0 Å². The van der Waals surface area contributed by atoms with Crippen LogP contribution in [-0.4, -0.2) is 0 Å². The van der Waals surface area contributed by atoms with E-state index in [9.17, 15) is 0 Å². The lowest BCUT2D eigenvalue weighted by molar-refractivity contribution is 0.504. The molecule has 2 aliphatic rings. The normalized spacial score (nSPS) is 24.0. The van der Waals surface area contributed by atoms with Gasteiger partial charge in [0, 0.05) is 0 Å². The summed E-state index contributed by atoms with van der Waals surface area (Å²) in [7, 11) is 0. The zero-order chi connectivity index (χ0) is 13.7. The van der Waals surface area contributed by atoms with Gasteiger partial charge in [-0.05, 0) is 24.2 Å². The smallest absolute Gasteiger partial charge is 0.0414 e. The van der Waals surface area contributed by atoms with Crippen molar-refractivity contribution < 1.29 is 0 Å². The van der Waals surface area contributed by atoms with E-state index in [1.807, 2.05) is 13.8 Å². The van der Waals surface area contributed by atoms with Crippen LogP contribution in [0.1, 0.15) is 93.4 Å². The summed E-state index contributed by atoms with van der Waals surface area (Å²) in [5.74, 6) is 3.00. The molecule has 0 aromatic heterocycles. The molecule has 0 heterocycles. The summed E-state index contributed by atoms with van der Waals surface area (Å²) in [4.78, 5) is 0. The third-order valence-corrected chi connectivity index (χ3v) is 3.38. The van der Waals surface area contributed by atoms with Crippen molar-refractivity contribution in [2.45, 2.75) is 93.4 Å². The van der Waals surface area contributed by atoms with E-state index in [1.54, 1.807) is 0 Å². The molecule has 0 N–H and O–H groups in total. The molecule has 2 saturated carbocycles. The van der Waals surface area contributed by atoms with Gasteiger partial charge in [-0.2, -0.15) is 0 Å². The number of hydrogen-bond donors (Lipinski definition) is 0. The van der Waals surface area contributed by atoms with Crippen LogP contribution in [0.25, 0.3) is 0 Å². The van der Waals surface area contributed by atoms with E-state index < -0.39 is 0 Å². The minimum absolute atomic E-state index is 0.898. The van der Waals surface area contributed by atoms with Crippen molar-refractivity contribution in [3.8, 4) is 0 Å². The predicted molar refractivity (Wildman–Crippen MR) is 82.5 cm³/mol. The largest absolute Gasteiger partial charge is 0.0683 e. The average Bonchev–Trinajstić information content (AvgIpc) is 2.81. The Morgan fingerprint density at radius 3 is 1.18 bits per heavy atom. The highest BCUT2D eigenvalue weighted by atomic mass is 14.3. The molecular weight excluding hydrogens is 204 g/mol. The molecule has 0 aliphatic heterocycles. The van der Waals surface area contributed by atoms with Gasteiger partial charge in [-0.3, -0.25) is 0 Å². The summed E-state index contributed by atoms with van der Waals surface area (Å²) in [6.45, 7) is 15.3. The molecule has 2 aliphatic carbocycles. The van der Waals surface area contributed by atoms with Gasteiger partial charge in [-0.25, -0.2) is 0 Å². The molecule has 0 nitrogen and oxygen atoms in total. The van der Waals surface area contributed by atoms with E-state index in [0.29, 0.717) is 0 Å². The maximum atomic E-state index is 2.30. The Bertz CT molecular complexity index is 112. The quantitative estimate of drug-likeness (QED) is 0.506. The minimum Gasteiger partial charge on any atom is -0.0683 e. The van der Waals surface area contributed by atoms with Crippen molar-refractivity contribution in [3.05, 3.63) is 0 Å². The second kappa shape index (κ2) is 14.1. The van der Waals surface area contributed by atoms with Crippen LogP contribution >= 0.6 is 0 Å². The summed E-state index contributed by atoms with van der Waals surface area (Å²) in [6.07, 6.45) is 10.2. The molecule has 0 saturated heterocycles.